The molecule has 210 valence electrons. The highest BCUT2D eigenvalue weighted by atomic mass is 19.1. The maximum atomic E-state index is 14.4. The van der Waals surface area contributed by atoms with Gasteiger partial charge in [-0.15, -0.1) is 0 Å². The van der Waals surface area contributed by atoms with Crippen molar-refractivity contribution in [2.75, 3.05) is 32.9 Å². The topological polar surface area (TPSA) is 105 Å². The van der Waals surface area contributed by atoms with Gasteiger partial charge < -0.3 is 24.1 Å². The molecule has 2 N–H and O–H groups in total. The number of carboxylic acids is 1. The molecule has 0 spiro atoms. The molecule has 9 heteroatoms. The molecule has 2 aliphatic rings. The van der Waals surface area contributed by atoms with Crippen LogP contribution in [0.2, 0.25) is 0 Å². The molecule has 4 aromatic rings. The number of hydrogen-bond acceptors (Lipinski definition) is 7. The number of phenols is 1. The Morgan fingerprint density at radius 3 is 2.70 bits per heavy atom. The maximum Gasteiger partial charge on any atom is 0.339 e. The van der Waals surface area contributed by atoms with Crippen LogP contribution in [0, 0.1) is 11.7 Å². The average molecular weight is 549 g/mol. The summed E-state index contributed by atoms with van der Waals surface area (Å²) in [5.74, 6) is -0.725. The summed E-state index contributed by atoms with van der Waals surface area (Å²) >= 11 is 0. The summed E-state index contributed by atoms with van der Waals surface area (Å²) in [6.07, 6.45) is 10.2. The zero-order chi connectivity index (χ0) is 27.6. The van der Waals surface area contributed by atoms with E-state index in [9.17, 15) is 19.4 Å². The van der Waals surface area contributed by atoms with E-state index < -0.39 is 17.8 Å². The molecular formula is C31H33FN2O6. The summed E-state index contributed by atoms with van der Waals surface area (Å²) in [5.41, 5.74) is 1.34. The number of carboxylic acid groups (broad SMARTS) is 1. The highest BCUT2D eigenvalue weighted by molar-refractivity contribution is 6.15. The molecule has 3 heterocycles. The molecule has 1 aliphatic heterocycles. The summed E-state index contributed by atoms with van der Waals surface area (Å²) in [5, 5.41) is 22.7. The van der Waals surface area contributed by atoms with Crippen LogP contribution in [0.5, 0.6) is 11.6 Å². The van der Waals surface area contributed by atoms with Crippen LogP contribution in [0.15, 0.2) is 47.2 Å². The first-order valence-electron chi connectivity index (χ1n) is 14.0. The molecule has 6 rings (SSSR count). The fourth-order valence-corrected chi connectivity index (χ4v) is 6.30. The Balaban J connectivity index is 1.46. The number of fused-ring (bicyclic) bond motifs is 3. The van der Waals surface area contributed by atoms with Gasteiger partial charge in [0.2, 0.25) is 5.88 Å². The number of ether oxygens (including phenoxy) is 2. The number of phenolic OH excluding ortho intramolecular Hbond substituents is 1. The molecule has 8 nitrogen and oxygen atoms in total. The molecule has 40 heavy (non-hydrogen) atoms. The number of pyridine rings is 1. The van der Waals surface area contributed by atoms with Gasteiger partial charge >= 0.3 is 5.97 Å². The largest absolute Gasteiger partial charge is 0.507 e. The van der Waals surface area contributed by atoms with E-state index in [0.29, 0.717) is 55.7 Å². The van der Waals surface area contributed by atoms with Gasteiger partial charge in [0.05, 0.1) is 25.9 Å². The van der Waals surface area contributed by atoms with Gasteiger partial charge in [-0.1, -0.05) is 32.1 Å². The van der Waals surface area contributed by atoms with E-state index in [0.717, 1.165) is 12.0 Å². The maximum absolute atomic E-state index is 14.4. The van der Waals surface area contributed by atoms with Crippen LogP contribution in [-0.4, -0.2) is 59.0 Å². The van der Waals surface area contributed by atoms with E-state index in [1.54, 1.807) is 6.20 Å². The van der Waals surface area contributed by atoms with E-state index in [-0.39, 0.29) is 27.7 Å². The molecule has 0 amide bonds. The molecule has 2 aromatic heterocycles. The smallest absolute Gasteiger partial charge is 0.339 e. The second-order valence-corrected chi connectivity index (χ2v) is 10.7. The summed E-state index contributed by atoms with van der Waals surface area (Å²) in [6, 6.07) is 7.12. The van der Waals surface area contributed by atoms with E-state index >= 15 is 0 Å². The molecule has 2 aromatic carbocycles. The van der Waals surface area contributed by atoms with Crippen molar-refractivity contribution in [2.24, 2.45) is 5.92 Å². The molecule has 1 saturated carbocycles. The van der Waals surface area contributed by atoms with Gasteiger partial charge in [-0.3, -0.25) is 4.90 Å². The Morgan fingerprint density at radius 1 is 1.12 bits per heavy atom. The zero-order valence-corrected chi connectivity index (χ0v) is 22.3. The predicted octanol–water partition coefficient (Wildman–Crippen LogP) is 6.29. The number of aromatic carboxylic acids is 1. The molecule has 1 atom stereocenters. The molecule has 0 bridgehead atoms. The van der Waals surface area contributed by atoms with E-state index in [4.69, 9.17) is 13.9 Å². The van der Waals surface area contributed by atoms with Gasteiger partial charge in [-0.05, 0) is 42.2 Å². The van der Waals surface area contributed by atoms with Crippen molar-refractivity contribution in [2.45, 2.75) is 44.6 Å². The van der Waals surface area contributed by atoms with Crippen molar-refractivity contribution in [1.29, 1.82) is 0 Å². The highest BCUT2D eigenvalue weighted by Crippen LogP contribution is 2.47. The van der Waals surface area contributed by atoms with Gasteiger partial charge in [-0.25, -0.2) is 14.2 Å². The number of aromatic nitrogens is 1. The Hall–Kier alpha value is -3.69. The number of morpholine rings is 1. The second-order valence-electron chi connectivity index (χ2n) is 10.7. The van der Waals surface area contributed by atoms with Gasteiger partial charge in [-0.2, -0.15) is 0 Å². The summed E-state index contributed by atoms with van der Waals surface area (Å²) in [6.45, 7) is 2.63. The standard InChI is InChI=1S/C31H33FN2O6/c32-21-6-7-22-23(17-21)29(35)27(26-24(31(36)37)18-40-30(22)26)28(34-11-14-38-15-12-34)20-8-10-33-25(16-20)39-13-9-19-4-2-1-3-5-19/h6-8,10,16-19,28,35H,1-5,9,11-15H2,(H,36,37). The minimum absolute atomic E-state index is 0.0669. The first kappa shape index (κ1) is 26.5. The third-order valence-electron chi connectivity index (χ3n) is 8.29. The number of aromatic hydroxyl groups is 1. The third-order valence-corrected chi connectivity index (χ3v) is 8.29. The highest BCUT2D eigenvalue weighted by Gasteiger charge is 2.33. The number of benzene rings is 2. The lowest BCUT2D eigenvalue weighted by Crippen LogP contribution is -2.39. The Morgan fingerprint density at radius 2 is 1.93 bits per heavy atom. The van der Waals surface area contributed by atoms with Crippen LogP contribution in [0.3, 0.4) is 0 Å². The Kier molecular flexibility index (Phi) is 7.58. The Labute approximate surface area is 231 Å². The lowest BCUT2D eigenvalue weighted by molar-refractivity contribution is 0.0238. The minimum Gasteiger partial charge on any atom is -0.507 e. The average Bonchev–Trinajstić information content (AvgIpc) is 3.42. The van der Waals surface area contributed by atoms with Crippen molar-refractivity contribution < 1.29 is 33.3 Å². The first-order valence-corrected chi connectivity index (χ1v) is 14.0. The summed E-state index contributed by atoms with van der Waals surface area (Å²) < 4.78 is 31.8. The number of rotatable bonds is 8. The van der Waals surface area contributed by atoms with Crippen LogP contribution in [0.25, 0.3) is 21.7 Å². The van der Waals surface area contributed by atoms with Crippen molar-refractivity contribution in [3.63, 3.8) is 0 Å². The molecule has 1 aliphatic carbocycles. The fraction of sp³-hybridized carbons (Fsp3) is 0.419. The molecule has 2 fully saturated rings. The van der Waals surface area contributed by atoms with Crippen molar-refractivity contribution in [3.05, 3.63) is 65.3 Å². The number of carbonyl (C=O) groups is 1. The van der Waals surface area contributed by atoms with Gasteiger partial charge in [0, 0.05) is 47.1 Å². The van der Waals surface area contributed by atoms with Crippen LogP contribution in [0.4, 0.5) is 4.39 Å². The number of halogens is 1. The monoisotopic (exact) mass is 548 g/mol. The quantitative estimate of drug-likeness (QED) is 0.265. The fourth-order valence-electron chi connectivity index (χ4n) is 6.30. The molecule has 1 unspecified atom stereocenters. The number of hydrogen-bond donors (Lipinski definition) is 2. The lowest BCUT2D eigenvalue weighted by atomic mass is 9.87. The first-order chi connectivity index (χ1) is 19.5. The van der Waals surface area contributed by atoms with Crippen LogP contribution >= 0.6 is 0 Å². The number of nitrogens with zero attached hydrogens (tertiary/aromatic N) is 2. The summed E-state index contributed by atoms with van der Waals surface area (Å²) in [4.78, 5) is 18.9. The van der Waals surface area contributed by atoms with Crippen LogP contribution in [-0.2, 0) is 4.74 Å². The van der Waals surface area contributed by atoms with Crippen molar-refractivity contribution >= 4 is 27.7 Å². The molecular weight excluding hydrogens is 515 g/mol. The molecule has 0 radical (unpaired) electrons. The van der Waals surface area contributed by atoms with Crippen LogP contribution < -0.4 is 4.74 Å². The minimum atomic E-state index is -1.18. The van der Waals surface area contributed by atoms with Gasteiger partial charge in [0.25, 0.3) is 0 Å². The zero-order valence-electron chi connectivity index (χ0n) is 22.3. The van der Waals surface area contributed by atoms with Gasteiger partial charge in [0.15, 0.2) is 0 Å². The summed E-state index contributed by atoms with van der Waals surface area (Å²) in [7, 11) is 0. The van der Waals surface area contributed by atoms with Crippen molar-refractivity contribution in [3.8, 4) is 11.6 Å². The van der Waals surface area contributed by atoms with E-state index in [2.05, 4.69) is 9.88 Å². The lowest BCUT2D eigenvalue weighted by Gasteiger charge is -2.36. The van der Waals surface area contributed by atoms with Crippen LogP contribution in [0.1, 0.15) is 66.1 Å². The van der Waals surface area contributed by atoms with Crippen molar-refractivity contribution in [1.82, 2.24) is 9.88 Å². The SMILES string of the molecule is O=C(O)c1coc2c1c(C(c1ccnc(OCCC3CCCCC3)c1)N1CCOCC1)c(O)c1cc(F)ccc12. The Bertz CT molecular complexity index is 1520. The third kappa shape index (κ3) is 5.11. The normalized spacial score (nSPS) is 17.8. The van der Waals surface area contributed by atoms with E-state index in [1.165, 1.54) is 56.6 Å². The van der Waals surface area contributed by atoms with Gasteiger partial charge in [0.1, 0.15) is 29.0 Å². The predicted molar refractivity (Wildman–Crippen MR) is 147 cm³/mol. The van der Waals surface area contributed by atoms with E-state index in [1.807, 2.05) is 12.1 Å². The second kappa shape index (κ2) is 11.4. The number of furan rings is 1. The molecule has 1 saturated heterocycles.